The maximum Gasteiger partial charge on any atom is 0.158 e. The van der Waals surface area contributed by atoms with Crippen molar-refractivity contribution in [2.75, 3.05) is 0 Å². The fourth-order valence-electron chi connectivity index (χ4n) is 2.79. The number of allylic oxidation sites excluding steroid dienone is 2. The fraction of sp³-hybridized carbons (Fsp3) is 0.800. The van der Waals surface area contributed by atoms with Gasteiger partial charge < -0.3 is 0 Å². The van der Waals surface area contributed by atoms with Gasteiger partial charge in [-0.25, -0.2) is 0 Å². The molecule has 2 aliphatic rings. The van der Waals surface area contributed by atoms with Gasteiger partial charge in [0, 0.05) is 5.92 Å². The monoisotopic (exact) mass is 220 g/mol. The molecule has 2 atom stereocenters. The third kappa shape index (κ3) is 3.77. The summed E-state index contributed by atoms with van der Waals surface area (Å²) in [6.45, 7) is 0. The van der Waals surface area contributed by atoms with Gasteiger partial charge in [0.05, 0.1) is 0 Å². The maximum atomic E-state index is 11.7. The standard InChI is InChI=1S/C15H24O/c16-15-11-9-7-5-3-1-2-4-6-8-10-13-12-14(13)15/h9,11,13-14H,1-8,10,12H2/b11-9+/t13-,14+/m0/s1. The SMILES string of the molecule is O=C1/C=C/CCCCCCCCC[C@H]2C[C@@H]12. The normalized spacial score (nSPS) is 34.9. The number of hydrogen-bond donors (Lipinski definition) is 0. The van der Waals surface area contributed by atoms with Crippen LogP contribution >= 0.6 is 0 Å². The van der Waals surface area contributed by atoms with Gasteiger partial charge in [-0.05, 0) is 37.7 Å². The van der Waals surface area contributed by atoms with Crippen LogP contribution in [-0.4, -0.2) is 5.78 Å². The Hall–Kier alpha value is -0.590. The molecule has 0 bridgehead atoms. The highest BCUT2D eigenvalue weighted by atomic mass is 16.1. The van der Waals surface area contributed by atoms with Crippen molar-refractivity contribution < 1.29 is 4.79 Å². The van der Waals surface area contributed by atoms with Crippen molar-refractivity contribution in [2.45, 2.75) is 64.2 Å². The molecule has 2 aliphatic carbocycles. The van der Waals surface area contributed by atoms with E-state index in [0.29, 0.717) is 11.7 Å². The number of carbonyl (C=O) groups excluding carboxylic acids is 1. The molecule has 0 spiro atoms. The maximum absolute atomic E-state index is 11.7. The van der Waals surface area contributed by atoms with Gasteiger partial charge in [0.15, 0.2) is 5.78 Å². The number of rotatable bonds is 0. The molecule has 0 saturated heterocycles. The lowest BCUT2D eigenvalue weighted by atomic mass is 10.0. The molecule has 0 aliphatic heterocycles. The Kier molecular flexibility index (Phi) is 4.62. The highest BCUT2D eigenvalue weighted by Gasteiger charge is 2.40. The van der Waals surface area contributed by atoms with Crippen molar-refractivity contribution in [3.05, 3.63) is 12.2 Å². The summed E-state index contributed by atoms with van der Waals surface area (Å²) in [7, 11) is 0. The largest absolute Gasteiger partial charge is 0.295 e. The Morgan fingerprint density at radius 1 is 0.938 bits per heavy atom. The molecule has 90 valence electrons. The van der Waals surface area contributed by atoms with E-state index in [4.69, 9.17) is 0 Å². The third-order valence-electron chi connectivity index (χ3n) is 4.02. The average Bonchev–Trinajstić information content (AvgIpc) is 3.04. The lowest BCUT2D eigenvalue weighted by molar-refractivity contribution is -0.116. The van der Waals surface area contributed by atoms with Gasteiger partial charge >= 0.3 is 0 Å². The smallest absolute Gasteiger partial charge is 0.158 e. The lowest BCUT2D eigenvalue weighted by Gasteiger charge is -2.02. The van der Waals surface area contributed by atoms with E-state index in [9.17, 15) is 4.79 Å². The predicted octanol–water partition coefficient (Wildman–Crippen LogP) is 4.27. The zero-order chi connectivity index (χ0) is 11.2. The van der Waals surface area contributed by atoms with Gasteiger partial charge in [-0.1, -0.05) is 44.6 Å². The van der Waals surface area contributed by atoms with Gasteiger partial charge in [0.25, 0.3) is 0 Å². The summed E-state index contributed by atoms with van der Waals surface area (Å²) in [6.07, 6.45) is 17.1. The van der Waals surface area contributed by atoms with Crippen LogP contribution in [0.25, 0.3) is 0 Å². The Bertz CT molecular complexity index is 254. The topological polar surface area (TPSA) is 17.1 Å². The van der Waals surface area contributed by atoms with Crippen molar-refractivity contribution in [2.24, 2.45) is 11.8 Å². The Labute approximate surface area is 99.3 Å². The minimum atomic E-state index is 0.402. The van der Waals surface area contributed by atoms with Crippen LogP contribution in [0.2, 0.25) is 0 Å². The summed E-state index contributed by atoms with van der Waals surface area (Å²) < 4.78 is 0. The molecular formula is C15H24O. The van der Waals surface area contributed by atoms with E-state index in [-0.39, 0.29) is 0 Å². The lowest BCUT2D eigenvalue weighted by Crippen LogP contribution is -1.98. The molecular weight excluding hydrogens is 196 g/mol. The molecule has 0 aromatic carbocycles. The van der Waals surface area contributed by atoms with Crippen LogP contribution in [0.4, 0.5) is 0 Å². The van der Waals surface area contributed by atoms with Crippen LogP contribution in [0.5, 0.6) is 0 Å². The molecule has 0 aromatic rings. The van der Waals surface area contributed by atoms with Crippen LogP contribution in [-0.2, 0) is 4.79 Å². The first-order valence-electron chi connectivity index (χ1n) is 7.08. The first-order chi connectivity index (χ1) is 7.88. The summed E-state index contributed by atoms with van der Waals surface area (Å²) in [6, 6.07) is 0. The number of carbonyl (C=O) groups is 1. The van der Waals surface area contributed by atoms with Crippen LogP contribution in [0, 0.1) is 11.8 Å². The summed E-state index contributed by atoms with van der Waals surface area (Å²) >= 11 is 0. The number of fused-ring (bicyclic) bond motifs is 1. The quantitative estimate of drug-likeness (QED) is 0.595. The first-order valence-corrected chi connectivity index (χ1v) is 7.08. The Morgan fingerprint density at radius 3 is 2.44 bits per heavy atom. The fourth-order valence-corrected chi connectivity index (χ4v) is 2.79. The molecule has 1 heteroatoms. The van der Waals surface area contributed by atoms with Crippen LogP contribution in [0.1, 0.15) is 64.2 Å². The van der Waals surface area contributed by atoms with Gasteiger partial charge in [-0.3, -0.25) is 4.79 Å². The van der Waals surface area contributed by atoms with Crippen molar-refractivity contribution in [1.82, 2.24) is 0 Å². The van der Waals surface area contributed by atoms with E-state index < -0.39 is 0 Å². The molecule has 2 rings (SSSR count). The minimum absolute atomic E-state index is 0.402. The first kappa shape index (κ1) is 11.9. The van der Waals surface area contributed by atoms with E-state index >= 15 is 0 Å². The zero-order valence-electron chi connectivity index (χ0n) is 10.3. The van der Waals surface area contributed by atoms with Crippen molar-refractivity contribution in [3.8, 4) is 0 Å². The van der Waals surface area contributed by atoms with E-state index in [1.54, 1.807) is 0 Å². The highest BCUT2D eigenvalue weighted by Crippen LogP contribution is 2.43. The minimum Gasteiger partial charge on any atom is -0.295 e. The number of hydrogen-bond acceptors (Lipinski definition) is 1. The van der Waals surface area contributed by atoms with Gasteiger partial charge in [-0.15, -0.1) is 0 Å². The highest BCUT2D eigenvalue weighted by molar-refractivity contribution is 5.93. The van der Waals surface area contributed by atoms with E-state index in [0.717, 1.165) is 12.3 Å². The molecule has 0 radical (unpaired) electrons. The summed E-state index contributed by atoms with van der Waals surface area (Å²) in [5, 5.41) is 0. The van der Waals surface area contributed by atoms with Crippen molar-refractivity contribution in [3.63, 3.8) is 0 Å². The molecule has 1 saturated carbocycles. The zero-order valence-corrected chi connectivity index (χ0v) is 10.3. The summed E-state index contributed by atoms with van der Waals surface area (Å²) in [4.78, 5) is 11.7. The average molecular weight is 220 g/mol. The molecule has 0 aromatic heterocycles. The van der Waals surface area contributed by atoms with Crippen LogP contribution in [0.3, 0.4) is 0 Å². The molecule has 0 N–H and O–H groups in total. The second-order valence-electron chi connectivity index (χ2n) is 5.46. The molecule has 16 heavy (non-hydrogen) atoms. The molecule has 0 unspecified atom stereocenters. The summed E-state index contributed by atoms with van der Waals surface area (Å²) in [5.74, 6) is 1.54. The second kappa shape index (κ2) is 6.22. The third-order valence-corrected chi connectivity index (χ3v) is 4.02. The van der Waals surface area contributed by atoms with Crippen LogP contribution in [0.15, 0.2) is 12.2 Å². The molecule has 1 nitrogen and oxygen atoms in total. The van der Waals surface area contributed by atoms with Crippen LogP contribution < -0.4 is 0 Å². The Balaban J connectivity index is 1.78. The van der Waals surface area contributed by atoms with Gasteiger partial charge in [0.2, 0.25) is 0 Å². The second-order valence-corrected chi connectivity index (χ2v) is 5.46. The van der Waals surface area contributed by atoms with Gasteiger partial charge in [0.1, 0.15) is 0 Å². The molecule has 0 amide bonds. The number of ketones is 1. The van der Waals surface area contributed by atoms with E-state index in [1.165, 1.54) is 57.8 Å². The predicted molar refractivity (Wildman–Crippen MR) is 67.3 cm³/mol. The van der Waals surface area contributed by atoms with Gasteiger partial charge in [-0.2, -0.15) is 0 Å². The molecule has 1 fully saturated rings. The van der Waals surface area contributed by atoms with E-state index in [1.807, 2.05) is 6.08 Å². The Morgan fingerprint density at radius 2 is 1.62 bits per heavy atom. The van der Waals surface area contributed by atoms with Crippen molar-refractivity contribution in [1.29, 1.82) is 0 Å². The van der Waals surface area contributed by atoms with Crippen molar-refractivity contribution >= 4 is 5.78 Å². The molecule has 0 heterocycles. The van der Waals surface area contributed by atoms with E-state index in [2.05, 4.69) is 6.08 Å². The summed E-state index contributed by atoms with van der Waals surface area (Å²) in [5.41, 5.74) is 0.